The third-order valence-electron chi connectivity index (χ3n) is 2.12. The van der Waals surface area contributed by atoms with E-state index in [0.29, 0.717) is 35.2 Å². The van der Waals surface area contributed by atoms with Gasteiger partial charge in [0.2, 0.25) is 0 Å². The van der Waals surface area contributed by atoms with Gasteiger partial charge in [-0.1, -0.05) is 11.6 Å². The zero-order chi connectivity index (χ0) is 12.8. The third-order valence-corrected chi connectivity index (χ3v) is 2.40. The lowest BCUT2D eigenvalue weighted by atomic mass is 10.2. The van der Waals surface area contributed by atoms with Gasteiger partial charge in [-0.2, -0.15) is 0 Å². The van der Waals surface area contributed by atoms with E-state index in [1.807, 2.05) is 13.8 Å². The highest BCUT2D eigenvalue weighted by molar-refractivity contribution is 6.32. The first-order chi connectivity index (χ1) is 8.13. The molecule has 0 fully saturated rings. The predicted molar refractivity (Wildman–Crippen MR) is 67.2 cm³/mol. The number of benzene rings is 1. The summed E-state index contributed by atoms with van der Waals surface area (Å²) in [5.74, 6) is 0.737. The average Bonchev–Trinajstić information content (AvgIpc) is 2.31. The average molecular weight is 258 g/mol. The first kappa shape index (κ1) is 13.6. The van der Waals surface area contributed by atoms with Gasteiger partial charge in [0.1, 0.15) is 0 Å². The fraction of sp³-hybridized carbons (Fsp3) is 0.417. The van der Waals surface area contributed by atoms with Gasteiger partial charge in [-0.25, -0.2) is 0 Å². The quantitative estimate of drug-likeness (QED) is 0.882. The minimum Gasteiger partial charge on any atom is -0.493 e. The maximum Gasteiger partial charge on any atom is 0.251 e. The van der Waals surface area contributed by atoms with Crippen LogP contribution in [0.2, 0.25) is 5.02 Å². The number of halogens is 1. The Kier molecular flexibility index (Phi) is 5.10. The van der Waals surface area contributed by atoms with Crippen molar-refractivity contribution in [3.63, 3.8) is 0 Å². The van der Waals surface area contributed by atoms with Gasteiger partial charge < -0.3 is 14.8 Å². The van der Waals surface area contributed by atoms with Crippen molar-refractivity contribution in [2.24, 2.45) is 0 Å². The van der Waals surface area contributed by atoms with Gasteiger partial charge in [-0.05, 0) is 26.0 Å². The Morgan fingerprint density at radius 3 is 2.65 bits per heavy atom. The van der Waals surface area contributed by atoms with Crippen molar-refractivity contribution in [3.05, 3.63) is 22.7 Å². The molecular weight excluding hydrogens is 242 g/mol. The highest BCUT2D eigenvalue weighted by Crippen LogP contribution is 2.36. The van der Waals surface area contributed by atoms with Gasteiger partial charge in [-0.3, -0.25) is 4.79 Å². The third kappa shape index (κ3) is 3.27. The van der Waals surface area contributed by atoms with E-state index in [1.54, 1.807) is 12.1 Å². The molecular formula is C12H16ClNO3. The predicted octanol–water partition coefficient (Wildman–Crippen LogP) is 2.50. The highest BCUT2D eigenvalue weighted by atomic mass is 35.5. The van der Waals surface area contributed by atoms with E-state index in [-0.39, 0.29) is 5.91 Å². The van der Waals surface area contributed by atoms with E-state index in [4.69, 9.17) is 21.1 Å². The number of hydrogen-bond acceptors (Lipinski definition) is 3. The number of carbonyl (C=O) groups excluding carboxylic acids is 1. The molecule has 0 saturated carbocycles. The zero-order valence-corrected chi connectivity index (χ0v) is 10.9. The molecule has 17 heavy (non-hydrogen) atoms. The van der Waals surface area contributed by atoms with Gasteiger partial charge in [-0.15, -0.1) is 0 Å². The molecule has 94 valence electrons. The molecule has 4 nitrogen and oxygen atoms in total. The second-order valence-corrected chi connectivity index (χ2v) is 3.69. The lowest BCUT2D eigenvalue weighted by Crippen LogP contribution is -2.22. The number of nitrogens with one attached hydrogen (secondary N) is 1. The summed E-state index contributed by atoms with van der Waals surface area (Å²) in [5, 5.41) is 3.07. The molecule has 0 bridgehead atoms. The summed E-state index contributed by atoms with van der Waals surface area (Å²) in [6, 6.07) is 3.18. The monoisotopic (exact) mass is 257 g/mol. The molecule has 0 atom stereocenters. The smallest absolute Gasteiger partial charge is 0.251 e. The molecule has 0 spiro atoms. The van der Waals surface area contributed by atoms with Crippen molar-refractivity contribution in [1.29, 1.82) is 0 Å². The van der Waals surface area contributed by atoms with E-state index in [1.165, 1.54) is 7.11 Å². The van der Waals surface area contributed by atoms with Crippen molar-refractivity contribution in [3.8, 4) is 11.5 Å². The molecule has 1 aromatic carbocycles. The Labute approximate surface area is 106 Å². The summed E-state index contributed by atoms with van der Waals surface area (Å²) in [4.78, 5) is 11.7. The van der Waals surface area contributed by atoms with Gasteiger partial charge in [0.15, 0.2) is 11.5 Å². The van der Waals surface area contributed by atoms with Crippen LogP contribution < -0.4 is 14.8 Å². The molecule has 0 aliphatic carbocycles. The Balaban J connectivity index is 3.12. The Morgan fingerprint density at radius 1 is 1.41 bits per heavy atom. The summed E-state index contributed by atoms with van der Waals surface area (Å²) >= 11 is 6.05. The van der Waals surface area contributed by atoms with E-state index < -0.39 is 0 Å². The molecule has 1 amide bonds. The van der Waals surface area contributed by atoms with Crippen LogP contribution in [0.5, 0.6) is 11.5 Å². The Hall–Kier alpha value is -1.42. The Bertz CT molecular complexity index is 407. The fourth-order valence-corrected chi connectivity index (χ4v) is 1.66. The molecule has 1 rings (SSSR count). The minimum absolute atomic E-state index is 0.184. The van der Waals surface area contributed by atoms with Crippen LogP contribution in [0.4, 0.5) is 0 Å². The van der Waals surface area contributed by atoms with Crippen molar-refractivity contribution >= 4 is 17.5 Å². The second-order valence-electron chi connectivity index (χ2n) is 3.28. The topological polar surface area (TPSA) is 47.6 Å². The van der Waals surface area contributed by atoms with Crippen molar-refractivity contribution in [1.82, 2.24) is 5.32 Å². The first-order valence-electron chi connectivity index (χ1n) is 5.42. The SMILES string of the molecule is CCNC(=O)c1cc(Cl)c(OCC)c(OC)c1. The normalized spacial score (nSPS) is 9.88. The van der Waals surface area contributed by atoms with E-state index in [9.17, 15) is 4.79 Å². The standard InChI is InChI=1S/C12H16ClNO3/c1-4-14-12(15)8-6-9(13)11(17-5-2)10(7-8)16-3/h6-7H,4-5H2,1-3H3,(H,14,15). The molecule has 0 aliphatic heterocycles. The van der Waals surface area contributed by atoms with Gasteiger partial charge in [0, 0.05) is 12.1 Å². The number of hydrogen-bond donors (Lipinski definition) is 1. The van der Waals surface area contributed by atoms with Crippen LogP contribution in [0.25, 0.3) is 0 Å². The number of carbonyl (C=O) groups is 1. The van der Waals surface area contributed by atoms with Crippen LogP contribution in [-0.4, -0.2) is 26.2 Å². The molecule has 1 aromatic rings. The maximum atomic E-state index is 11.7. The second kappa shape index (κ2) is 6.35. The lowest BCUT2D eigenvalue weighted by molar-refractivity contribution is 0.0955. The summed E-state index contributed by atoms with van der Waals surface area (Å²) in [7, 11) is 1.51. The fourth-order valence-electron chi connectivity index (χ4n) is 1.40. The number of rotatable bonds is 5. The van der Waals surface area contributed by atoms with Crippen LogP contribution in [0.3, 0.4) is 0 Å². The highest BCUT2D eigenvalue weighted by Gasteiger charge is 2.14. The van der Waals surface area contributed by atoms with E-state index in [2.05, 4.69) is 5.32 Å². The molecule has 0 unspecified atom stereocenters. The van der Waals surface area contributed by atoms with Crippen LogP contribution >= 0.6 is 11.6 Å². The van der Waals surface area contributed by atoms with Crippen LogP contribution in [-0.2, 0) is 0 Å². The molecule has 5 heteroatoms. The number of ether oxygens (including phenoxy) is 2. The summed E-state index contributed by atoms with van der Waals surface area (Å²) < 4.78 is 10.5. The van der Waals surface area contributed by atoms with Crippen LogP contribution in [0.15, 0.2) is 12.1 Å². The molecule has 0 heterocycles. The van der Waals surface area contributed by atoms with Crippen LogP contribution in [0.1, 0.15) is 24.2 Å². The summed E-state index contributed by atoms with van der Waals surface area (Å²) in [6.07, 6.45) is 0. The minimum atomic E-state index is -0.184. The summed E-state index contributed by atoms with van der Waals surface area (Å²) in [5.41, 5.74) is 0.456. The van der Waals surface area contributed by atoms with Crippen molar-refractivity contribution < 1.29 is 14.3 Å². The molecule has 0 aliphatic rings. The van der Waals surface area contributed by atoms with Gasteiger partial charge in [0.05, 0.1) is 18.7 Å². The Morgan fingerprint density at radius 2 is 2.12 bits per heavy atom. The largest absolute Gasteiger partial charge is 0.493 e. The number of methoxy groups -OCH3 is 1. The van der Waals surface area contributed by atoms with Crippen molar-refractivity contribution in [2.45, 2.75) is 13.8 Å². The number of amides is 1. The molecule has 1 N–H and O–H groups in total. The van der Waals surface area contributed by atoms with Gasteiger partial charge in [0.25, 0.3) is 5.91 Å². The van der Waals surface area contributed by atoms with E-state index >= 15 is 0 Å². The van der Waals surface area contributed by atoms with Crippen molar-refractivity contribution in [2.75, 3.05) is 20.3 Å². The van der Waals surface area contributed by atoms with E-state index in [0.717, 1.165) is 0 Å². The summed E-state index contributed by atoms with van der Waals surface area (Å²) in [6.45, 7) is 4.75. The molecule has 0 saturated heterocycles. The van der Waals surface area contributed by atoms with Gasteiger partial charge >= 0.3 is 0 Å². The first-order valence-corrected chi connectivity index (χ1v) is 5.80. The lowest BCUT2D eigenvalue weighted by Gasteiger charge is -2.12. The van der Waals surface area contributed by atoms with Crippen LogP contribution in [0, 0.1) is 0 Å². The zero-order valence-electron chi connectivity index (χ0n) is 10.2. The maximum absolute atomic E-state index is 11.7. The molecule has 0 aromatic heterocycles. The molecule has 0 radical (unpaired) electrons.